The summed E-state index contributed by atoms with van der Waals surface area (Å²) in [5.74, 6) is 0.388. The normalized spacial score (nSPS) is 19.5. The molecule has 0 radical (unpaired) electrons. The van der Waals surface area contributed by atoms with Crippen LogP contribution in [0.4, 0.5) is 35.0 Å². The third-order valence-electron chi connectivity index (χ3n) is 6.71. The summed E-state index contributed by atoms with van der Waals surface area (Å²) in [4.78, 5) is 22.9. The first-order valence-electron chi connectivity index (χ1n) is 11.8. The van der Waals surface area contributed by atoms with E-state index < -0.39 is 11.7 Å². The fraction of sp³-hybridized carbons (Fsp3) is 0.280. The number of nitrogens with zero attached hydrogens (tertiary/aromatic N) is 5. The third kappa shape index (κ3) is 4.54. The number of amides is 1. The van der Waals surface area contributed by atoms with E-state index in [0.717, 1.165) is 31.4 Å². The monoisotopic (exact) mass is 511 g/mol. The molecule has 4 aromatic rings. The zero-order valence-corrected chi connectivity index (χ0v) is 19.3. The van der Waals surface area contributed by atoms with E-state index in [1.165, 1.54) is 28.9 Å². The molecule has 2 N–H and O–H groups in total. The van der Waals surface area contributed by atoms with E-state index in [9.17, 15) is 22.4 Å². The highest BCUT2D eigenvalue weighted by Crippen LogP contribution is 2.31. The summed E-state index contributed by atoms with van der Waals surface area (Å²) < 4.78 is 53.7. The predicted octanol–water partition coefficient (Wildman–Crippen LogP) is 4.89. The fourth-order valence-corrected chi connectivity index (χ4v) is 4.88. The topological polar surface area (TPSA) is 87.5 Å². The molecule has 1 saturated carbocycles. The van der Waals surface area contributed by atoms with Gasteiger partial charge in [-0.05, 0) is 67.3 Å². The van der Waals surface area contributed by atoms with Crippen LogP contribution in [0.15, 0.2) is 54.9 Å². The number of anilines is 3. The van der Waals surface area contributed by atoms with Gasteiger partial charge in [0.1, 0.15) is 11.6 Å². The van der Waals surface area contributed by atoms with Gasteiger partial charge in [0.25, 0.3) is 5.91 Å². The number of fused-ring (bicyclic) bond motifs is 2. The van der Waals surface area contributed by atoms with Crippen molar-refractivity contribution in [3.05, 3.63) is 77.4 Å². The molecule has 2 atom stereocenters. The van der Waals surface area contributed by atoms with Crippen molar-refractivity contribution < 1.29 is 22.4 Å². The van der Waals surface area contributed by atoms with Gasteiger partial charge < -0.3 is 15.5 Å². The summed E-state index contributed by atoms with van der Waals surface area (Å²) in [5, 5.41) is 10.8. The van der Waals surface area contributed by atoms with Gasteiger partial charge in [-0.3, -0.25) is 4.79 Å². The highest BCUT2D eigenvalue weighted by molar-refractivity contribution is 6.09. The van der Waals surface area contributed by atoms with Crippen LogP contribution in [0.1, 0.15) is 40.7 Å². The van der Waals surface area contributed by atoms with E-state index in [0.29, 0.717) is 29.2 Å². The number of hydrogen-bond donors (Lipinski definition) is 2. The minimum atomic E-state index is -4.44. The molecule has 4 heterocycles. The van der Waals surface area contributed by atoms with E-state index in [-0.39, 0.29) is 35.4 Å². The largest absolute Gasteiger partial charge is 0.416 e. The molecule has 0 spiro atoms. The zero-order chi connectivity index (χ0) is 25.7. The summed E-state index contributed by atoms with van der Waals surface area (Å²) in [6, 6.07) is 9.89. The molecule has 12 heteroatoms. The maximum Gasteiger partial charge on any atom is 0.416 e. The van der Waals surface area contributed by atoms with Gasteiger partial charge in [0, 0.05) is 23.8 Å². The molecule has 1 aliphatic heterocycles. The fourth-order valence-electron chi connectivity index (χ4n) is 4.88. The van der Waals surface area contributed by atoms with Crippen LogP contribution in [-0.4, -0.2) is 37.6 Å². The Balaban J connectivity index is 1.06. The van der Waals surface area contributed by atoms with E-state index in [2.05, 4.69) is 25.7 Å². The van der Waals surface area contributed by atoms with Gasteiger partial charge in [0.2, 0.25) is 5.95 Å². The average Bonchev–Trinajstić information content (AvgIpc) is 3.55. The van der Waals surface area contributed by atoms with E-state index >= 15 is 0 Å². The van der Waals surface area contributed by atoms with Crippen LogP contribution >= 0.6 is 0 Å². The van der Waals surface area contributed by atoms with Crippen molar-refractivity contribution in [1.29, 1.82) is 0 Å². The summed E-state index contributed by atoms with van der Waals surface area (Å²) in [6.45, 7) is 0.297. The minimum Gasteiger partial charge on any atom is -0.367 e. The number of rotatable bonds is 5. The first kappa shape index (κ1) is 23.2. The lowest BCUT2D eigenvalue weighted by molar-refractivity contribution is -0.137. The number of hydrogen-bond acceptors (Lipinski definition) is 6. The molecule has 0 unspecified atom stereocenters. The smallest absolute Gasteiger partial charge is 0.367 e. The Morgan fingerprint density at radius 2 is 1.81 bits per heavy atom. The van der Waals surface area contributed by atoms with E-state index in [1.807, 2.05) is 0 Å². The maximum atomic E-state index is 13.5. The molecule has 37 heavy (non-hydrogen) atoms. The molecule has 0 bridgehead atoms. The van der Waals surface area contributed by atoms with Gasteiger partial charge >= 0.3 is 6.18 Å². The number of nitrogens with one attached hydrogen (secondary N) is 2. The van der Waals surface area contributed by atoms with Gasteiger partial charge in [0.05, 0.1) is 24.0 Å². The number of benzene rings is 1. The van der Waals surface area contributed by atoms with E-state index in [4.69, 9.17) is 0 Å². The second-order valence-electron chi connectivity index (χ2n) is 9.24. The molecule has 8 nitrogen and oxygen atoms in total. The van der Waals surface area contributed by atoms with Crippen molar-refractivity contribution >= 4 is 29.0 Å². The Morgan fingerprint density at radius 1 is 1.00 bits per heavy atom. The van der Waals surface area contributed by atoms with Crippen LogP contribution in [0.25, 0.3) is 5.65 Å². The lowest BCUT2D eigenvalue weighted by Gasteiger charge is -2.17. The van der Waals surface area contributed by atoms with Crippen LogP contribution in [0, 0.1) is 5.82 Å². The third-order valence-corrected chi connectivity index (χ3v) is 6.71. The van der Waals surface area contributed by atoms with Crippen molar-refractivity contribution in [2.45, 2.75) is 44.1 Å². The van der Waals surface area contributed by atoms with E-state index in [1.54, 1.807) is 23.2 Å². The summed E-state index contributed by atoms with van der Waals surface area (Å²) >= 11 is 0. The van der Waals surface area contributed by atoms with Crippen LogP contribution < -0.4 is 15.5 Å². The molecule has 0 saturated heterocycles. The molecule has 1 aromatic carbocycles. The van der Waals surface area contributed by atoms with Crippen LogP contribution in [0.5, 0.6) is 0 Å². The van der Waals surface area contributed by atoms with Crippen LogP contribution in [-0.2, 0) is 12.7 Å². The zero-order valence-electron chi connectivity index (χ0n) is 19.3. The SMILES string of the molecule is O=C1c2ccc(F)cc2CN1c1ccc(N[C@H]2CC[C@H](Nc3nc4cc(C(F)(F)F)ccn4n3)C2)nc1. The highest BCUT2D eigenvalue weighted by Gasteiger charge is 2.32. The lowest BCUT2D eigenvalue weighted by atomic mass is 10.1. The molecule has 1 aliphatic carbocycles. The Kier molecular flexibility index (Phi) is 5.46. The van der Waals surface area contributed by atoms with Crippen molar-refractivity contribution in [3.8, 4) is 0 Å². The maximum absolute atomic E-state index is 13.5. The summed E-state index contributed by atoms with van der Waals surface area (Å²) in [5.41, 5.74) is 1.13. The average molecular weight is 511 g/mol. The summed E-state index contributed by atoms with van der Waals surface area (Å²) in [7, 11) is 0. The van der Waals surface area contributed by atoms with Crippen LogP contribution in [0.2, 0.25) is 0 Å². The quantitative estimate of drug-likeness (QED) is 0.371. The first-order chi connectivity index (χ1) is 17.7. The van der Waals surface area contributed by atoms with Crippen molar-refractivity contribution in [2.75, 3.05) is 15.5 Å². The second kappa shape index (κ2) is 8.71. The van der Waals surface area contributed by atoms with Gasteiger partial charge in [-0.2, -0.15) is 18.2 Å². The Bertz CT molecular complexity index is 1480. The highest BCUT2D eigenvalue weighted by atomic mass is 19.4. The number of alkyl halides is 3. The van der Waals surface area contributed by atoms with Gasteiger partial charge in [-0.15, -0.1) is 5.10 Å². The Morgan fingerprint density at radius 3 is 2.57 bits per heavy atom. The molecule has 1 fully saturated rings. The Hall–Kier alpha value is -4.22. The standard InChI is InChI=1S/C25H21F4N7O/c26-16-1-5-20-14(9-16)13-35(23(20)37)19-4-6-21(30-12-19)31-17-2-3-18(11-17)32-24-33-22-10-15(25(27,28)29)7-8-36(22)34-24/h1,4-10,12,17-18H,2-3,11,13H2,(H,30,31)(H,32,34)/t17-,18-/m0/s1. The van der Waals surface area contributed by atoms with Gasteiger partial charge in [0.15, 0.2) is 5.65 Å². The predicted molar refractivity (Wildman–Crippen MR) is 128 cm³/mol. The first-order valence-corrected chi connectivity index (χ1v) is 11.8. The molecule has 3 aromatic heterocycles. The van der Waals surface area contributed by atoms with Crippen molar-refractivity contribution in [2.24, 2.45) is 0 Å². The minimum absolute atomic E-state index is 0.0531. The number of carbonyl (C=O) groups excluding carboxylic acids is 1. The second-order valence-corrected chi connectivity index (χ2v) is 9.24. The van der Waals surface area contributed by atoms with Crippen molar-refractivity contribution in [1.82, 2.24) is 19.6 Å². The van der Waals surface area contributed by atoms with Crippen molar-refractivity contribution in [3.63, 3.8) is 0 Å². The molecular weight excluding hydrogens is 490 g/mol. The molecule has 190 valence electrons. The number of carbonyl (C=O) groups is 1. The summed E-state index contributed by atoms with van der Waals surface area (Å²) in [6.07, 6.45) is 0.860. The number of halogens is 4. The van der Waals surface area contributed by atoms with Gasteiger partial charge in [-0.1, -0.05) is 0 Å². The number of pyridine rings is 2. The van der Waals surface area contributed by atoms with Gasteiger partial charge in [-0.25, -0.2) is 13.9 Å². The molecule has 2 aliphatic rings. The lowest BCUT2D eigenvalue weighted by Crippen LogP contribution is -2.24. The molecule has 1 amide bonds. The molecule has 6 rings (SSSR count). The molecular formula is C25H21F4N7O. The van der Waals surface area contributed by atoms with Crippen LogP contribution in [0.3, 0.4) is 0 Å². The Labute approximate surface area is 208 Å². The number of aromatic nitrogens is 4.